The largest absolute Gasteiger partial charge is 0.445 e. The number of nitrogens with one attached hydrogen (secondary N) is 3. The lowest BCUT2D eigenvalue weighted by molar-refractivity contribution is -0.137. The normalized spacial score (nSPS) is 19.5. The minimum atomic E-state index is -1.38. The fourth-order valence-corrected chi connectivity index (χ4v) is 4.85. The SMILES string of the molecule is CC[C@H](C)[C@H](C=O)[C@@H](O)C(=O)N[C@H]1C[C@H]1C[C@@H](CCc1ccccc1)NC(=O)[C@H](C)NC(=O)OCc1ccccc1. The second-order valence-electron chi connectivity index (χ2n) is 11.0. The average Bonchev–Trinajstić information content (AvgIpc) is 3.72. The average molecular weight is 566 g/mol. The molecule has 7 atom stereocenters. The minimum absolute atomic E-state index is 0.105. The predicted molar refractivity (Wildman–Crippen MR) is 156 cm³/mol. The lowest BCUT2D eigenvalue weighted by Crippen LogP contribution is -2.48. The van der Waals surface area contributed by atoms with Gasteiger partial charge in [0, 0.05) is 12.1 Å². The summed E-state index contributed by atoms with van der Waals surface area (Å²) in [4.78, 5) is 49.4. The molecule has 0 unspecified atom stereocenters. The predicted octanol–water partition coefficient (Wildman–Crippen LogP) is 3.54. The summed E-state index contributed by atoms with van der Waals surface area (Å²) < 4.78 is 5.24. The standard InChI is InChI=1S/C32H43N3O6/c1-4-21(2)27(19-36)29(37)31(39)35-28-18-25(28)17-26(16-15-23-11-7-5-8-12-23)34-30(38)22(3)33-32(40)41-20-24-13-9-6-10-14-24/h5-14,19,21-22,25-29,37H,4,15-18,20H2,1-3H3,(H,33,40)(H,34,38)(H,35,39)/t21-,22-,25+,26+,27-,28-,29+/m0/s1. The molecule has 222 valence electrons. The van der Waals surface area contributed by atoms with Gasteiger partial charge in [-0.05, 0) is 55.6 Å². The summed E-state index contributed by atoms with van der Waals surface area (Å²) in [5.74, 6) is -1.58. The van der Waals surface area contributed by atoms with Crippen molar-refractivity contribution in [2.75, 3.05) is 0 Å². The Balaban J connectivity index is 1.53. The summed E-state index contributed by atoms with van der Waals surface area (Å²) in [5, 5.41) is 19.0. The van der Waals surface area contributed by atoms with Gasteiger partial charge in [-0.2, -0.15) is 0 Å². The molecule has 41 heavy (non-hydrogen) atoms. The van der Waals surface area contributed by atoms with Gasteiger partial charge in [-0.3, -0.25) is 9.59 Å². The highest BCUT2D eigenvalue weighted by Gasteiger charge is 2.42. The number of aryl methyl sites for hydroxylation is 1. The third kappa shape index (κ3) is 10.3. The quantitative estimate of drug-likeness (QED) is 0.230. The van der Waals surface area contributed by atoms with E-state index >= 15 is 0 Å². The van der Waals surface area contributed by atoms with Crippen molar-refractivity contribution in [2.24, 2.45) is 17.8 Å². The van der Waals surface area contributed by atoms with E-state index in [1.165, 1.54) is 0 Å². The maximum Gasteiger partial charge on any atom is 0.408 e. The highest BCUT2D eigenvalue weighted by atomic mass is 16.5. The molecule has 1 saturated carbocycles. The molecule has 2 aromatic rings. The van der Waals surface area contributed by atoms with Gasteiger partial charge in [-0.25, -0.2) is 4.79 Å². The van der Waals surface area contributed by atoms with Crippen LogP contribution in [0, 0.1) is 17.8 Å². The van der Waals surface area contributed by atoms with Gasteiger partial charge in [0.15, 0.2) is 0 Å². The summed E-state index contributed by atoms with van der Waals surface area (Å²) in [6.45, 7) is 5.47. The van der Waals surface area contributed by atoms with Crippen molar-refractivity contribution in [1.82, 2.24) is 16.0 Å². The molecule has 0 aliphatic heterocycles. The van der Waals surface area contributed by atoms with Crippen molar-refractivity contribution < 1.29 is 29.0 Å². The summed E-state index contributed by atoms with van der Waals surface area (Å²) >= 11 is 0. The summed E-state index contributed by atoms with van der Waals surface area (Å²) in [7, 11) is 0. The molecule has 0 saturated heterocycles. The fourth-order valence-electron chi connectivity index (χ4n) is 4.85. The molecule has 0 aromatic heterocycles. The molecule has 0 bridgehead atoms. The Bertz CT molecular complexity index is 1130. The van der Waals surface area contributed by atoms with Gasteiger partial charge in [-0.1, -0.05) is 80.9 Å². The summed E-state index contributed by atoms with van der Waals surface area (Å²) in [6, 6.07) is 18.1. The first-order valence-electron chi connectivity index (χ1n) is 14.5. The summed E-state index contributed by atoms with van der Waals surface area (Å²) in [5.41, 5.74) is 2.00. The zero-order valence-corrected chi connectivity index (χ0v) is 24.1. The first-order valence-corrected chi connectivity index (χ1v) is 14.5. The first-order chi connectivity index (χ1) is 19.7. The summed E-state index contributed by atoms with van der Waals surface area (Å²) in [6.07, 6.45) is 2.08. The van der Waals surface area contributed by atoms with Crippen molar-refractivity contribution in [3.8, 4) is 0 Å². The van der Waals surface area contributed by atoms with E-state index in [2.05, 4.69) is 16.0 Å². The van der Waals surface area contributed by atoms with Crippen LogP contribution in [0.3, 0.4) is 0 Å². The van der Waals surface area contributed by atoms with E-state index in [1.807, 2.05) is 74.5 Å². The maximum absolute atomic E-state index is 13.0. The number of hydrogen-bond acceptors (Lipinski definition) is 6. The Kier molecular flexibility index (Phi) is 12.3. The fraction of sp³-hybridized carbons (Fsp3) is 0.500. The first kappa shape index (κ1) is 31.8. The van der Waals surface area contributed by atoms with Gasteiger partial charge in [0.2, 0.25) is 11.8 Å². The molecule has 1 aliphatic carbocycles. The van der Waals surface area contributed by atoms with Crippen molar-refractivity contribution in [3.63, 3.8) is 0 Å². The Morgan fingerprint density at radius 3 is 2.22 bits per heavy atom. The maximum atomic E-state index is 13.0. The van der Waals surface area contributed by atoms with E-state index in [0.717, 1.165) is 24.0 Å². The van der Waals surface area contributed by atoms with Crippen LogP contribution in [0.5, 0.6) is 0 Å². The number of carbonyl (C=O) groups excluding carboxylic acids is 4. The lowest BCUT2D eigenvalue weighted by atomic mass is 9.88. The van der Waals surface area contributed by atoms with Gasteiger partial charge in [-0.15, -0.1) is 0 Å². The smallest absolute Gasteiger partial charge is 0.408 e. The molecule has 0 radical (unpaired) electrons. The monoisotopic (exact) mass is 565 g/mol. The molecule has 9 nitrogen and oxygen atoms in total. The van der Waals surface area contributed by atoms with E-state index in [-0.39, 0.29) is 36.4 Å². The Morgan fingerprint density at radius 2 is 1.61 bits per heavy atom. The number of hydrogen-bond donors (Lipinski definition) is 4. The van der Waals surface area contributed by atoms with Gasteiger partial charge in [0.25, 0.3) is 0 Å². The molecule has 1 fully saturated rings. The highest BCUT2D eigenvalue weighted by molar-refractivity contribution is 5.85. The number of aliphatic hydroxyl groups excluding tert-OH is 1. The molecular weight excluding hydrogens is 522 g/mol. The highest BCUT2D eigenvalue weighted by Crippen LogP contribution is 2.36. The van der Waals surface area contributed by atoms with Gasteiger partial charge in [0.05, 0.1) is 5.92 Å². The van der Waals surface area contributed by atoms with Crippen LogP contribution >= 0.6 is 0 Å². The van der Waals surface area contributed by atoms with Crippen LogP contribution in [0.25, 0.3) is 0 Å². The van der Waals surface area contributed by atoms with Gasteiger partial charge in [0.1, 0.15) is 25.0 Å². The van der Waals surface area contributed by atoms with Crippen molar-refractivity contribution in [3.05, 3.63) is 71.8 Å². The molecular formula is C32H43N3O6. The zero-order valence-electron chi connectivity index (χ0n) is 24.1. The Hall–Kier alpha value is -3.72. The third-order valence-electron chi connectivity index (χ3n) is 7.84. The van der Waals surface area contributed by atoms with Crippen molar-refractivity contribution in [2.45, 2.75) is 83.7 Å². The molecule has 4 N–H and O–H groups in total. The van der Waals surface area contributed by atoms with Crippen LogP contribution in [0.4, 0.5) is 4.79 Å². The Labute approximate surface area is 242 Å². The zero-order chi connectivity index (χ0) is 29.8. The molecule has 0 spiro atoms. The van der Waals surface area contributed by atoms with Crippen LogP contribution in [-0.2, 0) is 32.1 Å². The van der Waals surface area contributed by atoms with E-state index in [9.17, 15) is 24.3 Å². The number of rotatable bonds is 16. The van der Waals surface area contributed by atoms with Crippen LogP contribution < -0.4 is 16.0 Å². The van der Waals surface area contributed by atoms with Gasteiger partial charge < -0.3 is 30.6 Å². The molecule has 0 heterocycles. The second-order valence-corrected chi connectivity index (χ2v) is 11.0. The second kappa shape index (κ2) is 15.9. The minimum Gasteiger partial charge on any atom is -0.445 e. The van der Waals surface area contributed by atoms with E-state index in [0.29, 0.717) is 25.5 Å². The van der Waals surface area contributed by atoms with Crippen LogP contribution in [0.2, 0.25) is 0 Å². The van der Waals surface area contributed by atoms with Crippen LogP contribution in [0.15, 0.2) is 60.7 Å². The lowest BCUT2D eigenvalue weighted by Gasteiger charge is -2.23. The van der Waals surface area contributed by atoms with Gasteiger partial charge >= 0.3 is 6.09 Å². The van der Waals surface area contributed by atoms with E-state index in [4.69, 9.17) is 4.74 Å². The number of aliphatic hydroxyl groups is 1. The molecule has 3 amide bonds. The molecule has 2 aromatic carbocycles. The number of benzene rings is 2. The van der Waals surface area contributed by atoms with E-state index in [1.54, 1.807) is 6.92 Å². The van der Waals surface area contributed by atoms with E-state index < -0.39 is 30.1 Å². The molecule has 1 aliphatic rings. The number of carbonyl (C=O) groups is 4. The number of aldehydes is 1. The number of ether oxygens (including phenoxy) is 1. The van der Waals surface area contributed by atoms with Crippen LogP contribution in [-0.4, -0.2) is 53.5 Å². The van der Waals surface area contributed by atoms with Crippen molar-refractivity contribution in [1.29, 1.82) is 0 Å². The molecule has 9 heteroatoms. The van der Waals surface area contributed by atoms with Crippen molar-refractivity contribution >= 4 is 24.2 Å². The number of amides is 3. The van der Waals surface area contributed by atoms with Crippen LogP contribution in [0.1, 0.15) is 57.6 Å². The molecule has 3 rings (SSSR count). The number of alkyl carbamates (subject to hydrolysis) is 1. The Morgan fingerprint density at radius 1 is 0.976 bits per heavy atom. The topological polar surface area (TPSA) is 134 Å². The third-order valence-corrected chi connectivity index (χ3v) is 7.84.